The minimum absolute atomic E-state index is 0.0723. The Bertz CT molecular complexity index is 1240. The van der Waals surface area contributed by atoms with Gasteiger partial charge in [0.15, 0.2) is 5.79 Å². The molecule has 2 aliphatic heterocycles. The number of imidazole rings is 1. The summed E-state index contributed by atoms with van der Waals surface area (Å²) in [6.45, 7) is 5.13. The summed E-state index contributed by atoms with van der Waals surface area (Å²) in [7, 11) is 0. The zero-order valence-corrected chi connectivity index (χ0v) is 18.8. The number of ether oxygens (including phenoxy) is 2. The third-order valence-electron chi connectivity index (χ3n) is 6.68. The van der Waals surface area contributed by atoms with Gasteiger partial charge in [-0.3, -0.25) is 9.56 Å². The Balaban J connectivity index is 1.60. The van der Waals surface area contributed by atoms with Gasteiger partial charge in [-0.1, -0.05) is 6.07 Å². The molecule has 4 heterocycles. The minimum atomic E-state index is -0.606. The maximum Gasteiger partial charge on any atom is 0.169 e. The van der Waals surface area contributed by atoms with Gasteiger partial charge in [-0.2, -0.15) is 0 Å². The summed E-state index contributed by atoms with van der Waals surface area (Å²) in [4.78, 5) is 10.6. The fourth-order valence-electron chi connectivity index (χ4n) is 5.14. The molecule has 2 aromatic heterocycles. The molecule has 5 nitrogen and oxygen atoms in total. The third-order valence-corrected chi connectivity index (χ3v) is 7.95. The zero-order chi connectivity index (χ0) is 22.0. The molecule has 1 aromatic carbocycles. The van der Waals surface area contributed by atoms with Gasteiger partial charge in [0.05, 0.1) is 24.5 Å². The molecule has 0 saturated carbocycles. The molecule has 32 heavy (non-hydrogen) atoms. The summed E-state index contributed by atoms with van der Waals surface area (Å²) in [6, 6.07) is 3.63. The van der Waals surface area contributed by atoms with Gasteiger partial charge < -0.3 is 9.47 Å². The third kappa shape index (κ3) is 2.93. The minimum Gasteiger partial charge on any atom is -0.348 e. The van der Waals surface area contributed by atoms with Crippen molar-refractivity contribution in [3.05, 3.63) is 69.1 Å². The van der Waals surface area contributed by atoms with Crippen LogP contribution in [0.15, 0.2) is 29.4 Å². The first-order valence-corrected chi connectivity index (χ1v) is 11.8. The Labute approximate surface area is 188 Å². The maximum atomic E-state index is 15.0. The smallest absolute Gasteiger partial charge is 0.169 e. The van der Waals surface area contributed by atoms with E-state index in [4.69, 9.17) is 14.5 Å². The predicted molar refractivity (Wildman–Crippen MR) is 118 cm³/mol. The van der Waals surface area contributed by atoms with Crippen molar-refractivity contribution in [3.8, 4) is 5.00 Å². The van der Waals surface area contributed by atoms with E-state index in [9.17, 15) is 0 Å². The summed E-state index contributed by atoms with van der Waals surface area (Å²) >= 11 is 1.67. The Morgan fingerprint density at radius 1 is 1.09 bits per heavy atom. The van der Waals surface area contributed by atoms with Crippen molar-refractivity contribution in [2.45, 2.75) is 51.4 Å². The van der Waals surface area contributed by atoms with E-state index < -0.39 is 17.4 Å². The molecule has 166 valence electrons. The Morgan fingerprint density at radius 3 is 2.56 bits per heavy atom. The first kappa shape index (κ1) is 20.2. The van der Waals surface area contributed by atoms with Crippen LogP contribution in [0.3, 0.4) is 0 Å². The van der Waals surface area contributed by atoms with Crippen LogP contribution in [0.25, 0.3) is 5.00 Å². The molecule has 1 saturated heterocycles. The SMILES string of the molecule is Cc1cnc2n1-c1sc3c(c1C(c1c(F)cccc1F)=N[C@H]2C)CCC1(CC3)OCCO1. The number of rotatable bonds is 1. The van der Waals surface area contributed by atoms with Crippen LogP contribution in [0.4, 0.5) is 8.78 Å². The number of halogens is 2. The number of hydrogen-bond donors (Lipinski definition) is 0. The highest BCUT2D eigenvalue weighted by molar-refractivity contribution is 7.15. The molecular formula is C24H23F2N3O2S. The van der Waals surface area contributed by atoms with Gasteiger partial charge >= 0.3 is 0 Å². The van der Waals surface area contributed by atoms with Crippen molar-refractivity contribution in [2.24, 2.45) is 4.99 Å². The molecule has 3 aromatic rings. The summed E-state index contributed by atoms with van der Waals surface area (Å²) in [5.74, 6) is -0.984. The predicted octanol–water partition coefficient (Wildman–Crippen LogP) is 5.05. The molecule has 0 N–H and O–H groups in total. The molecule has 0 radical (unpaired) electrons. The molecule has 1 atom stereocenters. The molecule has 0 unspecified atom stereocenters. The summed E-state index contributed by atoms with van der Waals surface area (Å²) < 4.78 is 44.1. The summed E-state index contributed by atoms with van der Waals surface area (Å²) in [5.41, 5.74) is 3.19. The van der Waals surface area contributed by atoms with E-state index in [1.807, 2.05) is 20.0 Å². The number of aliphatic imine (C=N–C) groups is 1. The monoisotopic (exact) mass is 455 g/mol. The average molecular weight is 456 g/mol. The molecular weight excluding hydrogens is 432 g/mol. The van der Waals surface area contributed by atoms with Gasteiger partial charge in [-0.25, -0.2) is 13.8 Å². The topological polar surface area (TPSA) is 48.6 Å². The molecule has 0 amide bonds. The summed E-state index contributed by atoms with van der Waals surface area (Å²) in [5, 5.41) is 0.940. The lowest BCUT2D eigenvalue weighted by Crippen LogP contribution is -2.30. The van der Waals surface area contributed by atoms with Crippen molar-refractivity contribution in [1.82, 2.24) is 9.55 Å². The van der Waals surface area contributed by atoms with Crippen molar-refractivity contribution in [3.63, 3.8) is 0 Å². The second-order valence-corrected chi connectivity index (χ2v) is 9.72. The van der Waals surface area contributed by atoms with E-state index >= 15 is 8.78 Å². The molecule has 8 heteroatoms. The quantitative estimate of drug-likeness (QED) is 0.516. The van der Waals surface area contributed by atoms with Crippen LogP contribution in [0.5, 0.6) is 0 Å². The van der Waals surface area contributed by atoms with E-state index in [0.717, 1.165) is 40.5 Å². The number of aryl methyl sites for hydroxylation is 2. The van der Waals surface area contributed by atoms with Crippen molar-refractivity contribution < 1.29 is 18.3 Å². The fourth-order valence-corrected chi connectivity index (χ4v) is 6.56. The highest BCUT2D eigenvalue weighted by atomic mass is 32.1. The summed E-state index contributed by atoms with van der Waals surface area (Å²) in [6.07, 6.45) is 4.81. The molecule has 6 rings (SSSR count). The highest BCUT2D eigenvalue weighted by Crippen LogP contribution is 2.45. The van der Waals surface area contributed by atoms with Crippen molar-refractivity contribution in [2.75, 3.05) is 13.2 Å². The molecule has 0 bridgehead atoms. The van der Waals surface area contributed by atoms with Crippen LogP contribution < -0.4 is 0 Å². The zero-order valence-electron chi connectivity index (χ0n) is 18.0. The standard InChI is InChI=1S/C24H23F2N3O2S/c1-13-12-27-22-14(2)28-21(20-16(25)4-3-5-17(20)26)19-15-6-8-24(30-10-11-31-24)9-7-18(15)32-23(19)29(13)22/h3-5,12,14H,6-11H2,1-2H3/t14-/m0/s1. The van der Waals surface area contributed by atoms with Crippen LogP contribution in [-0.2, 0) is 22.3 Å². The van der Waals surface area contributed by atoms with Gasteiger partial charge in [0.2, 0.25) is 0 Å². The van der Waals surface area contributed by atoms with Gasteiger partial charge in [0.25, 0.3) is 0 Å². The van der Waals surface area contributed by atoms with Gasteiger partial charge in [0.1, 0.15) is 28.5 Å². The molecule has 3 aliphatic rings. The van der Waals surface area contributed by atoms with Crippen molar-refractivity contribution in [1.29, 1.82) is 0 Å². The Kier molecular flexibility index (Phi) is 4.61. The largest absolute Gasteiger partial charge is 0.348 e. The maximum absolute atomic E-state index is 15.0. The average Bonchev–Trinajstić information content (AvgIpc) is 3.42. The number of benzene rings is 1. The van der Waals surface area contributed by atoms with Crippen LogP contribution >= 0.6 is 11.3 Å². The van der Waals surface area contributed by atoms with E-state index in [2.05, 4.69) is 9.55 Å². The first-order chi connectivity index (χ1) is 15.5. The van der Waals surface area contributed by atoms with Crippen LogP contribution in [0.1, 0.15) is 58.9 Å². The highest BCUT2D eigenvalue weighted by Gasteiger charge is 2.41. The number of aromatic nitrogens is 2. The molecule has 1 fully saturated rings. The number of nitrogens with zero attached hydrogens (tertiary/aromatic N) is 3. The van der Waals surface area contributed by atoms with Gasteiger partial charge in [-0.05, 0) is 44.4 Å². The Hall–Kier alpha value is -2.42. The van der Waals surface area contributed by atoms with Gasteiger partial charge in [0, 0.05) is 35.2 Å². The number of thiophene rings is 1. The second kappa shape index (κ2) is 7.30. The van der Waals surface area contributed by atoms with Crippen LogP contribution in [0.2, 0.25) is 0 Å². The van der Waals surface area contributed by atoms with E-state index in [1.54, 1.807) is 11.3 Å². The number of fused-ring (bicyclic) bond motifs is 5. The fraction of sp³-hybridized carbons (Fsp3) is 0.417. The molecule has 1 spiro atoms. The lowest BCUT2D eigenvalue weighted by Gasteiger charge is -2.25. The first-order valence-electron chi connectivity index (χ1n) is 11.0. The lowest BCUT2D eigenvalue weighted by atomic mass is 9.95. The van der Waals surface area contributed by atoms with Crippen molar-refractivity contribution >= 4 is 17.0 Å². The second-order valence-electron chi connectivity index (χ2n) is 8.64. The van der Waals surface area contributed by atoms with E-state index in [0.29, 0.717) is 31.8 Å². The van der Waals surface area contributed by atoms with Crippen LogP contribution in [0, 0.1) is 18.6 Å². The molecule has 1 aliphatic carbocycles. The number of hydrogen-bond acceptors (Lipinski definition) is 5. The van der Waals surface area contributed by atoms with E-state index in [-0.39, 0.29) is 11.6 Å². The van der Waals surface area contributed by atoms with E-state index in [1.165, 1.54) is 23.1 Å². The lowest BCUT2D eigenvalue weighted by molar-refractivity contribution is -0.164. The normalized spacial score (nSPS) is 21.5. The van der Waals surface area contributed by atoms with Crippen LogP contribution in [-0.4, -0.2) is 34.3 Å². The van der Waals surface area contributed by atoms with Gasteiger partial charge in [-0.15, -0.1) is 11.3 Å². The Morgan fingerprint density at radius 2 is 1.81 bits per heavy atom.